The summed E-state index contributed by atoms with van der Waals surface area (Å²) in [4.78, 5) is 25.7. The minimum atomic E-state index is -0.253. The Hall–Kier alpha value is -3.05. The maximum absolute atomic E-state index is 12.5. The maximum atomic E-state index is 12.5. The summed E-state index contributed by atoms with van der Waals surface area (Å²) in [7, 11) is 0. The van der Waals surface area contributed by atoms with E-state index in [2.05, 4.69) is 34.9 Å². The molecule has 2 N–H and O–H groups in total. The lowest BCUT2D eigenvalue weighted by Gasteiger charge is -2.09. The molecule has 0 saturated carbocycles. The molecule has 0 aliphatic carbocycles. The predicted molar refractivity (Wildman–Crippen MR) is 124 cm³/mol. The molecule has 0 spiro atoms. The number of aryl methyl sites for hydroxylation is 1. The number of hydrogen-bond acceptors (Lipinski definition) is 3. The van der Waals surface area contributed by atoms with Crippen molar-refractivity contribution < 1.29 is 9.59 Å². The quantitative estimate of drug-likeness (QED) is 0.396. The highest BCUT2D eigenvalue weighted by Crippen LogP contribution is 2.23. The zero-order valence-electron chi connectivity index (χ0n) is 17.1. The Balaban J connectivity index is 1.45. The highest BCUT2D eigenvalue weighted by atomic mass is 32.2. The highest BCUT2D eigenvalue weighted by molar-refractivity contribution is 7.98. The first-order valence-electron chi connectivity index (χ1n) is 9.99. The summed E-state index contributed by atoms with van der Waals surface area (Å²) >= 11 is 1.69. The van der Waals surface area contributed by atoms with Gasteiger partial charge in [-0.2, -0.15) is 0 Å². The van der Waals surface area contributed by atoms with Gasteiger partial charge in [-0.1, -0.05) is 54.6 Å². The Bertz CT molecular complexity index is 972. The van der Waals surface area contributed by atoms with Crippen molar-refractivity contribution in [3.8, 4) is 11.1 Å². The van der Waals surface area contributed by atoms with Crippen LogP contribution in [0, 0.1) is 0 Å². The zero-order valence-corrected chi connectivity index (χ0v) is 17.9. The minimum Gasteiger partial charge on any atom is -0.355 e. The van der Waals surface area contributed by atoms with Crippen molar-refractivity contribution >= 4 is 23.6 Å². The van der Waals surface area contributed by atoms with Crippen LogP contribution in [0.1, 0.15) is 22.3 Å². The first kappa shape index (κ1) is 21.7. The molecular weight excluding hydrogens is 392 g/mol. The molecule has 0 saturated heterocycles. The highest BCUT2D eigenvalue weighted by Gasteiger charge is 2.09. The van der Waals surface area contributed by atoms with Crippen LogP contribution in [0.15, 0.2) is 83.8 Å². The SMILES string of the molecule is CSc1ccc(-c2cccc(C(=O)NCC(=O)NCCCc3ccccc3)c2)cc1. The van der Waals surface area contributed by atoms with Crippen molar-refractivity contribution in [1.29, 1.82) is 0 Å². The predicted octanol–water partition coefficient (Wildman–Crippen LogP) is 4.55. The third-order valence-electron chi connectivity index (χ3n) is 4.76. The topological polar surface area (TPSA) is 58.2 Å². The van der Waals surface area contributed by atoms with E-state index in [0.29, 0.717) is 12.1 Å². The molecule has 4 nitrogen and oxygen atoms in total. The molecule has 0 radical (unpaired) electrons. The van der Waals surface area contributed by atoms with Gasteiger partial charge < -0.3 is 10.6 Å². The number of nitrogens with one attached hydrogen (secondary N) is 2. The summed E-state index contributed by atoms with van der Waals surface area (Å²) in [5, 5.41) is 5.55. The third kappa shape index (κ3) is 6.49. The normalized spacial score (nSPS) is 10.4. The summed E-state index contributed by atoms with van der Waals surface area (Å²) in [6, 6.07) is 25.8. The van der Waals surface area contributed by atoms with Crippen LogP contribution in [0.4, 0.5) is 0 Å². The largest absolute Gasteiger partial charge is 0.355 e. The van der Waals surface area contributed by atoms with Gasteiger partial charge in [-0.15, -0.1) is 11.8 Å². The van der Waals surface area contributed by atoms with Crippen molar-refractivity contribution in [3.05, 3.63) is 90.0 Å². The van der Waals surface area contributed by atoms with Crippen LogP contribution in [0.5, 0.6) is 0 Å². The average Bonchev–Trinajstić information content (AvgIpc) is 2.81. The van der Waals surface area contributed by atoms with E-state index in [1.54, 1.807) is 17.8 Å². The van der Waals surface area contributed by atoms with E-state index >= 15 is 0 Å². The zero-order chi connectivity index (χ0) is 21.2. The first-order valence-corrected chi connectivity index (χ1v) is 11.2. The Morgan fingerprint density at radius 3 is 2.33 bits per heavy atom. The molecule has 2 amide bonds. The van der Waals surface area contributed by atoms with E-state index in [0.717, 1.165) is 24.0 Å². The first-order chi connectivity index (χ1) is 14.7. The summed E-state index contributed by atoms with van der Waals surface area (Å²) in [6.45, 7) is 0.557. The monoisotopic (exact) mass is 418 g/mol. The molecule has 30 heavy (non-hydrogen) atoms. The molecule has 0 atom stereocenters. The molecule has 0 aliphatic heterocycles. The Morgan fingerprint density at radius 1 is 0.833 bits per heavy atom. The molecule has 0 unspecified atom stereocenters. The Kier molecular flexibility index (Phi) is 8.10. The lowest BCUT2D eigenvalue weighted by Crippen LogP contribution is -2.37. The van der Waals surface area contributed by atoms with Crippen LogP contribution in [-0.4, -0.2) is 31.2 Å². The van der Waals surface area contributed by atoms with Gasteiger partial charge in [0.1, 0.15) is 0 Å². The molecule has 0 heterocycles. The molecule has 3 aromatic rings. The van der Waals surface area contributed by atoms with Gasteiger partial charge in [-0.05, 0) is 60.1 Å². The molecule has 0 fully saturated rings. The molecular formula is C25H26N2O2S. The average molecular weight is 419 g/mol. The maximum Gasteiger partial charge on any atom is 0.251 e. The van der Waals surface area contributed by atoms with E-state index in [4.69, 9.17) is 0 Å². The van der Waals surface area contributed by atoms with Crippen molar-refractivity contribution in [1.82, 2.24) is 10.6 Å². The number of carbonyl (C=O) groups is 2. The van der Waals surface area contributed by atoms with Crippen LogP contribution in [0.2, 0.25) is 0 Å². The lowest BCUT2D eigenvalue weighted by atomic mass is 10.0. The summed E-state index contributed by atoms with van der Waals surface area (Å²) < 4.78 is 0. The van der Waals surface area contributed by atoms with Crippen LogP contribution in [0.3, 0.4) is 0 Å². The Morgan fingerprint density at radius 2 is 1.60 bits per heavy atom. The van der Waals surface area contributed by atoms with E-state index in [1.165, 1.54) is 10.5 Å². The van der Waals surface area contributed by atoms with Crippen LogP contribution in [-0.2, 0) is 11.2 Å². The fraction of sp³-hybridized carbons (Fsp3) is 0.200. The molecule has 0 aliphatic rings. The van der Waals surface area contributed by atoms with E-state index in [9.17, 15) is 9.59 Å². The van der Waals surface area contributed by atoms with Gasteiger partial charge in [-0.3, -0.25) is 9.59 Å². The number of amides is 2. The molecule has 154 valence electrons. The second kappa shape index (κ2) is 11.2. The van der Waals surface area contributed by atoms with E-state index < -0.39 is 0 Å². The molecule has 5 heteroatoms. The Labute approximate surface area is 182 Å². The molecule has 0 bridgehead atoms. The van der Waals surface area contributed by atoms with E-state index in [-0.39, 0.29) is 18.4 Å². The minimum absolute atomic E-state index is 0.0309. The summed E-state index contributed by atoms with van der Waals surface area (Å²) in [6.07, 6.45) is 3.82. The number of benzene rings is 3. The van der Waals surface area contributed by atoms with Crippen molar-refractivity contribution in [3.63, 3.8) is 0 Å². The van der Waals surface area contributed by atoms with Gasteiger partial charge in [-0.25, -0.2) is 0 Å². The number of rotatable bonds is 9. The second-order valence-electron chi connectivity index (χ2n) is 6.93. The number of carbonyl (C=O) groups excluding carboxylic acids is 2. The number of thioether (sulfide) groups is 1. The van der Waals surface area contributed by atoms with Gasteiger partial charge in [0, 0.05) is 17.0 Å². The molecule has 3 aromatic carbocycles. The van der Waals surface area contributed by atoms with Gasteiger partial charge in [0.25, 0.3) is 5.91 Å². The van der Waals surface area contributed by atoms with Gasteiger partial charge >= 0.3 is 0 Å². The lowest BCUT2D eigenvalue weighted by molar-refractivity contribution is -0.120. The summed E-state index contributed by atoms with van der Waals surface area (Å²) in [5.41, 5.74) is 3.82. The van der Waals surface area contributed by atoms with Gasteiger partial charge in [0.15, 0.2) is 0 Å². The molecule has 3 rings (SSSR count). The summed E-state index contributed by atoms with van der Waals surface area (Å²) in [5.74, 6) is -0.433. The fourth-order valence-corrected chi connectivity index (χ4v) is 3.52. The van der Waals surface area contributed by atoms with Gasteiger partial charge in [0.2, 0.25) is 5.91 Å². The van der Waals surface area contributed by atoms with Crippen LogP contribution >= 0.6 is 11.8 Å². The molecule has 0 aromatic heterocycles. The van der Waals surface area contributed by atoms with Crippen LogP contribution < -0.4 is 10.6 Å². The van der Waals surface area contributed by atoms with E-state index in [1.807, 2.05) is 54.8 Å². The van der Waals surface area contributed by atoms with Crippen molar-refractivity contribution in [2.45, 2.75) is 17.7 Å². The van der Waals surface area contributed by atoms with Crippen LogP contribution in [0.25, 0.3) is 11.1 Å². The van der Waals surface area contributed by atoms with Crippen molar-refractivity contribution in [2.24, 2.45) is 0 Å². The standard InChI is InChI=1S/C25H26N2O2S/c1-30-23-14-12-20(13-15-23)21-10-5-11-22(17-21)25(29)27-18-24(28)26-16-6-9-19-7-3-2-4-8-19/h2-5,7-8,10-15,17H,6,9,16,18H2,1H3,(H,26,28)(H,27,29). The number of hydrogen-bond donors (Lipinski definition) is 2. The van der Waals surface area contributed by atoms with Gasteiger partial charge in [0.05, 0.1) is 6.54 Å². The second-order valence-corrected chi connectivity index (χ2v) is 7.81. The smallest absolute Gasteiger partial charge is 0.251 e. The van der Waals surface area contributed by atoms with Crippen molar-refractivity contribution in [2.75, 3.05) is 19.3 Å². The third-order valence-corrected chi connectivity index (χ3v) is 5.51. The fourth-order valence-electron chi connectivity index (χ4n) is 3.11.